The van der Waals surface area contributed by atoms with E-state index in [9.17, 15) is 33.0 Å². The van der Waals surface area contributed by atoms with Crippen LogP contribution in [0.5, 0.6) is 0 Å². The maximum absolute atomic E-state index is 14.4. The van der Waals surface area contributed by atoms with Crippen molar-refractivity contribution in [2.75, 3.05) is 0 Å². The Kier molecular flexibility index (Phi) is 13.0. The summed E-state index contributed by atoms with van der Waals surface area (Å²) in [4.78, 5) is 35.5. The van der Waals surface area contributed by atoms with Crippen molar-refractivity contribution in [1.82, 2.24) is 59.8 Å². The molecule has 16 nitrogen and oxygen atoms in total. The Labute approximate surface area is 367 Å². The SMILES string of the molecule is Cc1cccc(Cn2cc(C(Cc3cn(Cc4cccc(C(F)(F)F)c4)nn3)(C(c3cn(Cc4cccnc4)nn3)N(C(=O)O)C3CCCCC3)N(C(=O)O)C3CCCCC3)nn2)c1. The van der Waals surface area contributed by atoms with E-state index in [2.05, 4.69) is 30.8 Å². The monoisotopic (exact) mass is 880 g/mol. The van der Waals surface area contributed by atoms with Crippen LogP contribution in [0.2, 0.25) is 0 Å². The highest BCUT2D eigenvalue weighted by molar-refractivity contribution is 5.70. The fraction of sp³-hybridized carbons (Fsp3) is 0.444. The fourth-order valence-electron chi connectivity index (χ4n) is 9.69. The molecule has 4 aromatic heterocycles. The number of aryl methyl sites for hydroxylation is 1. The summed E-state index contributed by atoms with van der Waals surface area (Å²) in [6.45, 7) is 2.44. The Morgan fingerprint density at radius 1 is 0.719 bits per heavy atom. The van der Waals surface area contributed by atoms with Gasteiger partial charge in [0, 0.05) is 37.1 Å². The number of alkyl halides is 3. The van der Waals surface area contributed by atoms with Gasteiger partial charge in [-0.15, -0.1) is 15.3 Å². The average molecular weight is 881 g/mol. The molecule has 0 radical (unpaired) electrons. The second-order valence-electron chi connectivity index (χ2n) is 17.0. The predicted molar refractivity (Wildman–Crippen MR) is 226 cm³/mol. The summed E-state index contributed by atoms with van der Waals surface area (Å²) in [7, 11) is 0. The minimum absolute atomic E-state index is 0.0721. The molecule has 0 bridgehead atoms. The summed E-state index contributed by atoms with van der Waals surface area (Å²) < 4.78 is 45.7. The number of halogens is 3. The molecule has 2 aliphatic rings. The van der Waals surface area contributed by atoms with Crippen LogP contribution in [0.1, 0.15) is 115 Å². The lowest BCUT2D eigenvalue weighted by Crippen LogP contribution is -2.63. The minimum atomic E-state index is -4.55. The number of hydrogen-bond acceptors (Lipinski definition) is 9. The van der Waals surface area contributed by atoms with E-state index in [-0.39, 0.29) is 43.1 Å². The van der Waals surface area contributed by atoms with Gasteiger partial charge in [-0.2, -0.15) is 13.2 Å². The van der Waals surface area contributed by atoms with Gasteiger partial charge in [-0.3, -0.25) is 14.8 Å². The number of benzene rings is 2. The Bertz CT molecular complexity index is 2510. The highest BCUT2D eigenvalue weighted by atomic mass is 19.4. The van der Waals surface area contributed by atoms with Gasteiger partial charge in [0.05, 0.1) is 43.3 Å². The number of hydrogen-bond donors (Lipinski definition) is 2. The van der Waals surface area contributed by atoms with Crippen molar-refractivity contribution in [3.63, 3.8) is 0 Å². The fourth-order valence-corrected chi connectivity index (χ4v) is 9.69. The number of pyridine rings is 1. The van der Waals surface area contributed by atoms with Gasteiger partial charge in [0.2, 0.25) is 0 Å². The first-order valence-corrected chi connectivity index (χ1v) is 21.7. The second kappa shape index (κ2) is 19.0. The molecule has 4 heterocycles. The quantitative estimate of drug-likeness (QED) is 0.101. The molecule has 64 heavy (non-hydrogen) atoms. The molecule has 19 heteroatoms. The molecule has 2 aliphatic carbocycles. The minimum Gasteiger partial charge on any atom is -0.465 e. The molecule has 0 aliphatic heterocycles. The standard InChI is InChI=1S/C45H51F3N12O4/c1-31-11-8-12-32(21-31)25-58-30-40(52-55-58)44(60(43(63)64)38-18-6-3-7-19-38,23-36-28-56(53-50-36)26-33-13-9-15-35(22-33)45(46,47)48)41(59(42(61)62)37-16-4-2-5-17-37)39-29-57(54-51-39)27-34-14-10-20-49-24-34/h8-15,20-22,24,28-30,37-38,41H,2-7,16-19,23,25-27H2,1H3,(H,61,62)(H,63,64). The van der Waals surface area contributed by atoms with Crippen LogP contribution >= 0.6 is 0 Å². The van der Waals surface area contributed by atoms with Crippen LogP contribution in [0.25, 0.3) is 0 Å². The van der Waals surface area contributed by atoms with Crippen LogP contribution in [0.15, 0.2) is 91.6 Å². The predicted octanol–water partition coefficient (Wildman–Crippen LogP) is 8.13. The summed E-state index contributed by atoms with van der Waals surface area (Å²) in [6.07, 6.45) is 7.82. The average Bonchev–Trinajstić information content (AvgIpc) is 4.05. The molecule has 2 amide bonds. The van der Waals surface area contributed by atoms with Gasteiger partial charge in [-0.25, -0.2) is 23.6 Å². The van der Waals surface area contributed by atoms with Crippen LogP contribution in [-0.2, 0) is 37.8 Å². The zero-order valence-corrected chi connectivity index (χ0v) is 35.5. The summed E-state index contributed by atoms with van der Waals surface area (Å²) in [5, 5.41) is 50.6. The topological polar surface area (TPSA) is 186 Å². The lowest BCUT2D eigenvalue weighted by molar-refractivity contribution is -0.137. The summed E-state index contributed by atoms with van der Waals surface area (Å²) in [6, 6.07) is 14.0. The summed E-state index contributed by atoms with van der Waals surface area (Å²) in [5.74, 6) is 0. The van der Waals surface area contributed by atoms with Crippen molar-refractivity contribution in [2.45, 2.75) is 127 Å². The third-order valence-corrected chi connectivity index (χ3v) is 12.4. The molecule has 2 saturated carbocycles. The van der Waals surface area contributed by atoms with Crippen molar-refractivity contribution in [1.29, 1.82) is 0 Å². The largest absolute Gasteiger partial charge is 0.465 e. The van der Waals surface area contributed by atoms with Gasteiger partial charge in [-0.05, 0) is 67.5 Å². The van der Waals surface area contributed by atoms with E-state index < -0.39 is 47.6 Å². The van der Waals surface area contributed by atoms with E-state index in [0.29, 0.717) is 31.2 Å². The van der Waals surface area contributed by atoms with Crippen molar-refractivity contribution in [2.24, 2.45) is 0 Å². The van der Waals surface area contributed by atoms with E-state index in [0.717, 1.165) is 67.3 Å². The van der Waals surface area contributed by atoms with Crippen molar-refractivity contribution in [3.05, 3.63) is 137 Å². The molecule has 2 atom stereocenters. The lowest BCUT2D eigenvalue weighted by Gasteiger charge is -2.53. The van der Waals surface area contributed by atoms with Gasteiger partial charge in [0.1, 0.15) is 23.0 Å². The van der Waals surface area contributed by atoms with E-state index in [4.69, 9.17) is 5.10 Å². The molecule has 2 unspecified atom stereocenters. The maximum Gasteiger partial charge on any atom is 0.416 e. The Hall–Kier alpha value is -6.66. The van der Waals surface area contributed by atoms with E-state index >= 15 is 0 Å². The number of carbonyl (C=O) groups is 2. The Morgan fingerprint density at radius 3 is 1.98 bits per heavy atom. The van der Waals surface area contributed by atoms with E-state index in [1.807, 2.05) is 37.3 Å². The molecule has 336 valence electrons. The number of aromatic nitrogens is 10. The molecular formula is C45H51F3N12O4. The van der Waals surface area contributed by atoms with Crippen LogP contribution < -0.4 is 0 Å². The number of carboxylic acid groups (broad SMARTS) is 2. The van der Waals surface area contributed by atoms with Crippen LogP contribution in [0, 0.1) is 6.92 Å². The van der Waals surface area contributed by atoms with Crippen molar-refractivity contribution >= 4 is 12.2 Å². The van der Waals surface area contributed by atoms with E-state index in [1.54, 1.807) is 52.5 Å². The molecule has 6 aromatic rings. The summed E-state index contributed by atoms with van der Waals surface area (Å²) in [5.41, 5.74) is 1.01. The van der Waals surface area contributed by atoms with Gasteiger partial charge < -0.3 is 10.2 Å². The lowest BCUT2D eigenvalue weighted by atomic mass is 9.75. The third-order valence-electron chi connectivity index (χ3n) is 12.4. The third kappa shape index (κ3) is 9.77. The Balaban J connectivity index is 1.35. The molecule has 2 N–H and O–H groups in total. The second-order valence-corrected chi connectivity index (χ2v) is 17.0. The first kappa shape index (κ1) is 44.0. The highest BCUT2D eigenvalue weighted by Crippen LogP contribution is 2.50. The molecular weight excluding hydrogens is 830 g/mol. The van der Waals surface area contributed by atoms with Gasteiger partial charge in [-0.1, -0.05) is 102 Å². The smallest absolute Gasteiger partial charge is 0.416 e. The number of rotatable bonds is 15. The zero-order chi connectivity index (χ0) is 44.8. The van der Waals surface area contributed by atoms with Crippen LogP contribution in [0.4, 0.5) is 22.8 Å². The number of amides is 2. The van der Waals surface area contributed by atoms with Gasteiger partial charge in [0.25, 0.3) is 0 Å². The molecule has 2 aromatic carbocycles. The zero-order valence-electron chi connectivity index (χ0n) is 35.5. The Morgan fingerprint density at radius 2 is 1.33 bits per heavy atom. The maximum atomic E-state index is 14.4. The normalized spacial score (nSPS) is 16.6. The molecule has 0 saturated heterocycles. The molecule has 0 spiro atoms. The summed E-state index contributed by atoms with van der Waals surface area (Å²) >= 11 is 0. The van der Waals surface area contributed by atoms with Crippen LogP contribution in [0.3, 0.4) is 0 Å². The first-order chi connectivity index (χ1) is 30.9. The molecule has 2 fully saturated rings. The highest BCUT2D eigenvalue weighted by Gasteiger charge is 2.58. The number of nitrogens with zero attached hydrogens (tertiary/aromatic N) is 12. The van der Waals surface area contributed by atoms with Crippen molar-refractivity contribution in [3.8, 4) is 0 Å². The first-order valence-electron chi connectivity index (χ1n) is 21.7. The van der Waals surface area contributed by atoms with Gasteiger partial charge in [0.15, 0.2) is 0 Å². The van der Waals surface area contributed by atoms with Gasteiger partial charge >= 0.3 is 18.4 Å². The molecule has 8 rings (SSSR count). The van der Waals surface area contributed by atoms with Crippen LogP contribution in [-0.4, -0.2) is 94.2 Å². The van der Waals surface area contributed by atoms with E-state index in [1.165, 1.54) is 20.5 Å². The van der Waals surface area contributed by atoms with Crippen molar-refractivity contribution < 1.29 is 33.0 Å².